The van der Waals surface area contributed by atoms with Gasteiger partial charge in [-0.1, -0.05) is 44.5 Å². The number of fused-ring (bicyclic) bond motifs is 1. The van der Waals surface area contributed by atoms with E-state index in [1.54, 1.807) is 30.3 Å². The Balaban J connectivity index is 0.684. The third-order valence-electron chi connectivity index (χ3n) is 15.0. The van der Waals surface area contributed by atoms with Crippen LogP contribution in [-0.2, 0) is 14.4 Å². The Morgan fingerprint density at radius 3 is 2.12 bits per heavy atom. The molecule has 358 valence electrons. The molecule has 9 rings (SSSR count). The molecule has 0 spiro atoms. The van der Waals surface area contributed by atoms with E-state index in [0.29, 0.717) is 58.4 Å². The Hall–Kier alpha value is -6.09. The Morgan fingerprint density at radius 1 is 0.824 bits per heavy atom. The molecule has 68 heavy (non-hydrogen) atoms. The average Bonchev–Trinajstić information content (AvgIpc) is 3.33. The van der Waals surface area contributed by atoms with Crippen LogP contribution in [0.5, 0.6) is 5.75 Å². The number of nitriles is 1. The lowest BCUT2D eigenvalue weighted by Crippen LogP contribution is -2.74. The second kappa shape index (κ2) is 19.1. The molecule has 2 N–H and O–H groups in total. The number of likely N-dealkylation sites (tertiary alicyclic amines) is 1. The molecule has 4 amide bonds. The van der Waals surface area contributed by atoms with Gasteiger partial charge in [-0.05, 0) is 79.8 Å². The molecule has 18 heteroatoms. The lowest BCUT2D eigenvalue weighted by molar-refractivity contribution is -0.164. The van der Waals surface area contributed by atoms with Gasteiger partial charge in [0.2, 0.25) is 11.8 Å². The van der Waals surface area contributed by atoms with E-state index >= 15 is 0 Å². The van der Waals surface area contributed by atoms with E-state index in [1.807, 2.05) is 35.2 Å². The van der Waals surface area contributed by atoms with Crippen LogP contribution in [-0.4, -0.2) is 144 Å². The van der Waals surface area contributed by atoms with Gasteiger partial charge in [0, 0.05) is 118 Å². The molecule has 3 aromatic carbocycles. The Kier molecular flexibility index (Phi) is 13.2. The highest BCUT2D eigenvalue weighted by Crippen LogP contribution is 2.55. The van der Waals surface area contributed by atoms with Crippen LogP contribution in [0.25, 0.3) is 10.9 Å². The van der Waals surface area contributed by atoms with Crippen molar-refractivity contribution in [3.8, 4) is 11.8 Å². The van der Waals surface area contributed by atoms with Crippen molar-refractivity contribution in [3.05, 3.63) is 87.2 Å². The number of benzene rings is 3. The van der Waals surface area contributed by atoms with Gasteiger partial charge in [-0.15, -0.1) is 5.10 Å². The second-order valence-electron chi connectivity index (χ2n) is 20.2. The average molecular weight is 947 g/mol. The summed E-state index contributed by atoms with van der Waals surface area (Å²) in [6.45, 7) is 18.0. The predicted octanol–water partition coefficient (Wildman–Crippen LogP) is 4.09. The molecule has 17 nitrogen and oxygen atoms in total. The zero-order valence-electron chi connectivity index (χ0n) is 39.2. The first-order chi connectivity index (χ1) is 32.6. The molecule has 4 aliphatic heterocycles. The number of carbonyl (C=O) groups is 4. The maximum absolute atomic E-state index is 13.5. The van der Waals surface area contributed by atoms with Crippen LogP contribution in [0.3, 0.4) is 0 Å². The zero-order chi connectivity index (χ0) is 47.9. The van der Waals surface area contributed by atoms with Gasteiger partial charge < -0.3 is 24.8 Å². The standard InChI is InChI=1S/C50H60ClN11O6/c1-49(2)47(50(3,4)48(49)68-37-11-7-34(29-52)39(51)28-37)54-44(65)33-5-8-35(9-6-33)59-23-19-57(20-24-59)30-32-15-17-61(18-16-32)43(64)31-58-21-25-60(26-22-58)36-10-12-40-38(27-36)46(67)62(56-55-40)41-13-14-42(63)53-45(41)66/h5-12,27-28,32,41,47-48H,13-26,30-31H2,1-4H3,(H,54,65)(H,53,63,66)/t41?,47-,48-. The van der Waals surface area contributed by atoms with Crippen LogP contribution in [0.2, 0.25) is 5.02 Å². The van der Waals surface area contributed by atoms with E-state index < -0.39 is 17.5 Å². The monoisotopic (exact) mass is 945 g/mol. The highest BCUT2D eigenvalue weighted by molar-refractivity contribution is 6.31. The maximum atomic E-state index is 13.5. The number of halogens is 1. The summed E-state index contributed by atoms with van der Waals surface area (Å²) in [4.78, 5) is 75.9. The summed E-state index contributed by atoms with van der Waals surface area (Å²) in [7, 11) is 0. The van der Waals surface area contributed by atoms with E-state index in [2.05, 4.69) is 74.3 Å². The number of nitrogens with one attached hydrogen (secondary N) is 2. The third kappa shape index (κ3) is 9.50. The lowest BCUT2D eigenvalue weighted by atomic mass is 9.49. The van der Waals surface area contributed by atoms with Gasteiger partial charge in [-0.25, -0.2) is 0 Å². The molecule has 1 aromatic heterocycles. The van der Waals surface area contributed by atoms with Crippen molar-refractivity contribution in [2.24, 2.45) is 16.7 Å². The van der Waals surface area contributed by atoms with Crippen molar-refractivity contribution in [1.29, 1.82) is 5.26 Å². The van der Waals surface area contributed by atoms with Crippen LogP contribution in [0.4, 0.5) is 11.4 Å². The van der Waals surface area contributed by atoms with E-state index in [0.717, 1.165) is 87.8 Å². The fraction of sp³-hybridized carbons (Fsp3) is 0.520. The van der Waals surface area contributed by atoms with Crippen molar-refractivity contribution in [1.82, 2.24) is 40.3 Å². The van der Waals surface area contributed by atoms with E-state index in [9.17, 15) is 29.2 Å². The van der Waals surface area contributed by atoms with E-state index in [4.69, 9.17) is 16.3 Å². The summed E-state index contributed by atoms with van der Waals surface area (Å²) in [6.07, 6.45) is 2.15. The van der Waals surface area contributed by atoms with Crippen molar-refractivity contribution in [3.63, 3.8) is 0 Å². The molecule has 5 heterocycles. The molecule has 1 aliphatic carbocycles. The summed E-state index contributed by atoms with van der Waals surface area (Å²) in [5.74, 6) is 0.307. The Morgan fingerprint density at radius 2 is 1.47 bits per heavy atom. The number of carbonyl (C=O) groups excluding carboxylic acids is 4. The summed E-state index contributed by atoms with van der Waals surface area (Å²) in [6, 6.07) is 19.6. The Labute approximate surface area is 401 Å². The number of piperazine rings is 2. The smallest absolute Gasteiger partial charge is 0.278 e. The number of nitrogens with zero attached hydrogens (tertiary/aromatic N) is 9. The first kappa shape index (κ1) is 47.0. The predicted molar refractivity (Wildman–Crippen MR) is 258 cm³/mol. The highest BCUT2D eigenvalue weighted by atomic mass is 35.5. The quantitative estimate of drug-likeness (QED) is 0.205. The summed E-state index contributed by atoms with van der Waals surface area (Å²) >= 11 is 6.27. The van der Waals surface area contributed by atoms with Gasteiger partial charge >= 0.3 is 0 Å². The molecule has 1 atom stereocenters. The molecule has 5 aliphatic rings. The molecule has 5 fully saturated rings. The van der Waals surface area contributed by atoms with Crippen LogP contribution < -0.4 is 30.7 Å². The number of hydrogen-bond donors (Lipinski definition) is 2. The van der Waals surface area contributed by atoms with Crippen LogP contribution >= 0.6 is 11.6 Å². The minimum absolute atomic E-state index is 0.111. The number of ether oxygens (including phenoxy) is 1. The number of anilines is 2. The zero-order valence-corrected chi connectivity index (χ0v) is 40.0. The number of hydrogen-bond acceptors (Lipinski definition) is 13. The first-order valence-corrected chi connectivity index (χ1v) is 24.2. The largest absolute Gasteiger partial charge is 0.489 e. The van der Waals surface area contributed by atoms with E-state index in [-0.39, 0.29) is 53.5 Å². The van der Waals surface area contributed by atoms with Crippen molar-refractivity contribution in [2.75, 3.05) is 88.3 Å². The number of aromatic nitrogens is 3. The van der Waals surface area contributed by atoms with Gasteiger partial charge in [0.05, 0.1) is 22.5 Å². The summed E-state index contributed by atoms with van der Waals surface area (Å²) < 4.78 is 7.48. The van der Waals surface area contributed by atoms with Crippen molar-refractivity contribution >= 4 is 57.5 Å². The molecular weight excluding hydrogens is 886 g/mol. The van der Waals surface area contributed by atoms with Gasteiger partial charge in [0.1, 0.15) is 29.5 Å². The first-order valence-electron chi connectivity index (χ1n) is 23.8. The fourth-order valence-corrected chi connectivity index (χ4v) is 11.6. The second-order valence-corrected chi connectivity index (χ2v) is 20.6. The van der Waals surface area contributed by atoms with Crippen LogP contribution in [0, 0.1) is 28.1 Å². The molecule has 4 saturated heterocycles. The minimum atomic E-state index is -0.876. The van der Waals surface area contributed by atoms with Crippen LogP contribution in [0.1, 0.15) is 75.3 Å². The van der Waals surface area contributed by atoms with Crippen LogP contribution in [0.15, 0.2) is 65.5 Å². The van der Waals surface area contributed by atoms with Crippen molar-refractivity contribution in [2.45, 2.75) is 71.6 Å². The van der Waals surface area contributed by atoms with Gasteiger partial charge in [-0.2, -0.15) is 9.94 Å². The molecule has 1 saturated carbocycles. The van der Waals surface area contributed by atoms with Gasteiger partial charge in [-0.3, -0.25) is 39.1 Å². The molecular formula is C50H60ClN11O6. The SMILES string of the molecule is CC1(C)[C@H](NC(=O)c2ccc(N3CCN(CC4CCN(C(=O)CN5CCN(c6ccc7nnn(C8CCC(=O)NC8=O)c(=O)c7c6)CC5)CC4)CC3)cc2)C(C)(C)[C@H]1Oc1ccc(C#N)c(Cl)c1. The summed E-state index contributed by atoms with van der Waals surface area (Å²) in [5.41, 5.74) is 2.32. The normalized spacial score (nSPS) is 23.4. The van der Waals surface area contributed by atoms with Crippen molar-refractivity contribution < 1.29 is 23.9 Å². The minimum Gasteiger partial charge on any atom is -0.489 e. The maximum Gasteiger partial charge on any atom is 0.278 e. The van der Waals surface area contributed by atoms with Gasteiger partial charge in [0.25, 0.3) is 17.4 Å². The molecule has 0 bridgehead atoms. The highest BCUT2D eigenvalue weighted by Gasteiger charge is 2.64. The number of piperidine rings is 2. The topological polar surface area (TPSA) is 189 Å². The molecule has 4 aromatic rings. The molecule has 0 radical (unpaired) electrons. The van der Waals surface area contributed by atoms with E-state index in [1.165, 1.54) is 0 Å². The number of rotatable bonds is 11. The fourth-order valence-electron chi connectivity index (χ4n) is 11.4. The van der Waals surface area contributed by atoms with Gasteiger partial charge in [0.15, 0.2) is 0 Å². The number of imide groups is 1. The third-order valence-corrected chi connectivity index (χ3v) is 15.4. The number of amides is 4. The molecule has 1 unspecified atom stereocenters. The lowest BCUT2D eigenvalue weighted by Gasteiger charge is -2.63. The summed E-state index contributed by atoms with van der Waals surface area (Å²) in [5, 5.41) is 23.7. The Bertz CT molecular complexity index is 2660.